The third kappa shape index (κ3) is 2.79. The van der Waals surface area contributed by atoms with E-state index in [1.54, 1.807) is 7.11 Å². The molecule has 0 bridgehead atoms. The van der Waals surface area contributed by atoms with Gasteiger partial charge in [-0.1, -0.05) is 17.9 Å². The summed E-state index contributed by atoms with van der Waals surface area (Å²) in [5.41, 5.74) is 2.03. The molecule has 0 saturated heterocycles. The Morgan fingerprint density at radius 3 is 2.86 bits per heavy atom. The van der Waals surface area contributed by atoms with Crippen LogP contribution in [-0.4, -0.2) is 18.8 Å². The first-order valence-corrected chi connectivity index (χ1v) is 4.52. The zero-order valence-electron chi connectivity index (χ0n) is 8.50. The van der Waals surface area contributed by atoms with Crippen molar-refractivity contribution in [3.63, 3.8) is 0 Å². The van der Waals surface area contributed by atoms with Crippen LogP contribution in [0.25, 0.3) is 0 Å². The second-order valence-corrected chi connectivity index (χ2v) is 2.98. The Morgan fingerprint density at radius 2 is 2.21 bits per heavy atom. The molecule has 0 heterocycles. The Morgan fingerprint density at radius 1 is 1.43 bits per heavy atom. The molecule has 0 radical (unpaired) electrons. The molecule has 0 unspecified atom stereocenters. The molecule has 14 heavy (non-hydrogen) atoms. The highest BCUT2D eigenvalue weighted by atomic mass is 16.5. The normalized spacial score (nSPS) is 9.07. The van der Waals surface area contributed by atoms with Crippen molar-refractivity contribution < 1.29 is 9.84 Å². The Bertz CT molecular complexity index is 358. The molecule has 0 spiro atoms. The fourth-order valence-electron chi connectivity index (χ4n) is 1.13. The highest BCUT2D eigenvalue weighted by Gasteiger charge is 1.98. The van der Waals surface area contributed by atoms with Crippen molar-refractivity contribution in [1.29, 1.82) is 0 Å². The van der Waals surface area contributed by atoms with Crippen LogP contribution in [-0.2, 0) is 0 Å². The molecule has 1 aromatic rings. The molecule has 1 N–H and O–H groups in total. The third-order valence-corrected chi connectivity index (χ3v) is 1.81. The topological polar surface area (TPSA) is 29.5 Å². The van der Waals surface area contributed by atoms with E-state index in [1.807, 2.05) is 25.1 Å². The zero-order chi connectivity index (χ0) is 10.4. The van der Waals surface area contributed by atoms with E-state index < -0.39 is 0 Å². The summed E-state index contributed by atoms with van der Waals surface area (Å²) in [5, 5.41) is 8.59. The first-order valence-electron chi connectivity index (χ1n) is 4.52. The van der Waals surface area contributed by atoms with E-state index in [2.05, 4.69) is 11.8 Å². The Balaban J connectivity index is 2.94. The average molecular weight is 190 g/mol. The summed E-state index contributed by atoms with van der Waals surface area (Å²) in [6.07, 6.45) is 0.497. The van der Waals surface area contributed by atoms with Gasteiger partial charge in [-0.3, -0.25) is 0 Å². The largest absolute Gasteiger partial charge is 0.495 e. The quantitative estimate of drug-likeness (QED) is 0.720. The molecule has 0 aromatic heterocycles. The van der Waals surface area contributed by atoms with E-state index in [4.69, 9.17) is 9.84 Å². The molecule has 0 aliphatic carbocycles. The maximum absolute atomic E-state index is 8.59. The second kappa shape index (κ2) is 5.31. The van der Waals surface area contributed by atoms with E-state index in [1.165, 1.54) is 0 Å². The number of aliphatic hydroxyl groups excluding tert-OH is 1. The van der Waals surface area contributed by atoms with Gasteiger partial charge < -0.3 is 9.84 Å². The van der Waals surface area contributed by atoms with Gasteiger partial charge in [0.2, 0.25) is 0 Å². The summed E-state index contributed by atoms with van der Waals surface area (Å²) in [6.45, 7) is 2.11. The van der Waals surface area contributed by atoms with Crippen molar-refractivity contribution in [2.24, 2.45) is 0 Å². The van der Waals surface area contributed by atoms with Gasteiger partial charge in [0.05, 0.1) is 19.3 Å². The lowest BCUT2D eigenvalue weighted by Gasteiger charge is -2.03. The Hall–Kier alpha value is -1.46. The summed E-state index contributed by atoms with van der Waals surface area (Å²) in [5.74, 6) is 6.62. The molecular weight excluding hydrogens is 176 g/mol. The van der Waals surface area contributed by atoms with Crippen LogP contribution in [0.3, 0.4) is 0 Å². The lowest BCUT2D eigenvalue weighted by Crippen LogP contribution is -1.88. The summed E-state index contributed by atoms with van der Waals surface area (Å²) < 4.78 is 5.17. The van der Waals surface area contributed by atoms with Crippen LogP contribution in [0.1, 0.15) is 17.5 Å². The molecule has 1 aromatic carbocycles. The molecule has 2 nitrogen and oxygen atoms in total. The molecule has 2 heteroatoms. The third-order valence-electron chi connectivity index (χ3n) is 1.81. The summed E-state index contributed by atoms with van der Waals surface area (Å²) in [7, 11) is 1.63. The standard InChI is InChI=1S/C12H14O2/c1-10-6-7-12(14-2)11(9-10)5-3-4-8-13/h6-7,9,13H,4,8H2,1-2H3. The highest BCUT2D eigenvalue weighted by Crippen LogP contribution is 2.18. The molecule has 0 amide bonds. The number of methoxy groups -OCH3 is 1. The monoisotopic (exact) mass is 190 g/mol. The van der Waals surface area contributed by atoms with Crippen LogP contribution in [0.5, 0.6) is 5.75 Å². The van der Waals surface area contributed by atoms with E-state index in [0.717, 1.165) is 16.9 Å². The maximum Gasteiger partial charge on any atom is 0.134 e. The van der Waals surface area contributed by atoms with Crippen molar-refractivity contribution >= 4 is 0 Å². The molecule has 0 atom stereocenters. The summed E-state index contributed by atoms with van der Waals surface area (Å²) >= 11 is 0. The van der Waals surface area contributed by atoms with Gasteiger partial charge in [0.15, 0.2) is 0 Å². The van der Waals surface area contributed by atoms with Crippen molar-refractivity contribution in [2.75, 3.05) is 13.7 Å². The van der Waals surface area contributed by atoms with Gasteiger partial charge in [-0.15, -0.1) is 0 Å². The summed E-state index contributed by atoms with van der Waals surface area (Å²) in [4.78, 5) is 0. The molecule has 0 aliphatic rings. The van der Waals surface area contributed by atoms with E-state index in [9.17, 15) is 0 Å². The molecule has 0 aliphatic heterocycles. The van der Waals surface area contributed by atoms with E-state index >= 15 is 0 Å². The minimum Gasteiger partial charge on any atom is -0.495 e. The van der Waals surface area contributed by atoms with Gasteiger partial charge in [-0.05, 0) is 24.6 Å². The van der Waals surface area contributed by atoms with Crippen molar-refractivity contribution in [1.82, 2.24) is 0 Å². The van der Waals surface area contributed by atoms with Crippen LogP contribution in [0.2, 0.25) is 0 Å². The number of aliphatic hydroxyl groups is 1. The molecule has 0 saturated carbocycles. The SMILES string of the molecule is COc1ccc(C)cc1C#CCCO. The zero-order valence-corrected chi connectivity index (χ0v) is 8.50. The minimum absolute atomic E-state index is 0.0983. The van der Waals surface area contributed by atoms with E-state index in [0.29, 0.717) is 6.42 Å². The van der Waals surface area contributed by atoms with Crippen LogP contribution >= 0.6 is 0 Å². The molecule has 0 fully saturated rings. The van der Waals surface area contributed by atoms with Crippen molar-refractivity contribution in [3.05, 3.63) is 29.3 Å². The molecule has 74 valence electrons. The predicted molar refractivity (Wildman–Crippen MR) is 56.3 cm³/mol. The number of benzene rings is 1. The van der Waals surface area contributed by atoms with Crippen molar-refractivity contribution in [3.8, 4) is 17.6 Å². The van der Waals surface area contributed by atoms with E-state index in [-0.39, 0.29) is 6.61 Å². The van der Waals surface area contributed by atoms with Crippen LogP contribution in [0, 0.1) is 18.8 Å². The van der Waals surface area contributed by atoms with Crippen LogP contribution < -0.4 is 4.74 Å². The molecular formula is C12H14O2. The van der Waals surface area contributed by atoms with Gasteiger partial charge in [0.25, 0.3) is 0 Å². The van der Waals surface area contributed by atoms with Gasteiger partial charge in [0.1, 0.15) is 5.75 Å². The van der Waals surface area contributed by atoms with Crippen LogP contribution in [0.15, 0.2) is 18.2 Å². The maximum atomic E-state index is 8.59. The Labute approximate surface area is 84.5 Å². The number of ether oxygens (including phenoxy) is 1. The first kappa shape index (κ1) is 10.6. The number of rotatable bonds is 2. The number of aryl methyl sites for hydroxylation is 1. The van der Waals surface area contributed by atoms with Gasteiger partial charge >= 0.3 is 0 Å². The summed E-state index contributed by atoms with van der Waals surface area (Å²) in [6, 6.07) is 5.86. The fraction of sp³-hybridized carbons (Fsp3) is 0.333. The lowest BCUT2D eigenvalue weighted by molar-refractivity contribution is 0.305. The van der Waals surface area contributed by atoms with Gasteiger partial charge in [0, 0.05) is 6.42 Å². The van der Waals surface area contributed by atoms with Gasteiger partial charge in [-0.2, -0.15) is 0 Å². The second-order valence-electron chi connectivity index (χ2n) is 2.98. The van der Waals surface area contributed by atoms with Gasteiger partial charge in [-0.25, -0.2) is 0 Å². The van der Waals surface area contributed by atoms with Crippen LogP contribution in [0.4, 0.5) is 0 Å². The first-order chi connectivity index (χ1) is 6.77. The Kier molecular flexibility index (Phi) is 4.03. The van der Waals surface area contributed by atoms with Crippen molar-refractivity contribution in [2.45, 2.75) is 13.3 Å². The number of hydrogen-bond acceptors (Lipinski definition) is 2. The number of hydrogen-bond donors (Lipinski definition) is 1. The average Bonchev–Trinajstić information content (AvgIpc) is 2.19. The lowest BCUT2D eigenvalue weighted by atomic mass is 10.1. The fourth-order valence-corrected chi connectivity index (χ4v) is 1.13. The smallest absolute Gasteiger partial charge is 0.134 e. The highest BCUT2D eigenvalue weighted by molar-refractivity contribution is 5.47. The minimum atomic E-state index is 0.0983. The molecule has 1 rings (SSSR count). The predicted octanol–water partition coefficient (Wildman–Crippen LogP) is 1.74.